The highest BCUT2D eigenvalue weighted by Crippen LogP contribution is 2.26. The molecule has 1 heterocycles. The van der Waals surface area contributed by atoms with Crippen LogP contribution in [0.4, 0.5) is 0 Å². The summed E-state index contributed by atoms with van der Waals surface area (Å²) in [5, 5.41) is 4.38. The molecule has 0 saturated heterocycles. The first-order chi connectivity index (χ1) is 19.0. The minimum absolute atomic E-state index is 0.276. The number of esters is 1. The van der Waals surface area contributed by atoms with E-state index < -0.39 is 17.9 Å². The molecule has 5 aromatic rings. The molecular formula is C32H27ClN2O4. The third kappa shape index (κ3) is 6.48. The number of H-pyrrole nitrogens is 1. The number of benzene rings is 4. The first-order valence-electron chi connectivity index (χ1n) is 12.5. The zero-order valence-corrected chi connectivity index (χ0v) is 22.1. The van der Waals surface area contributed by atoms with Crippen molar-refractivity contribution < 1.29 is 19.1 Å². The monoisotopic (exact) mass is 538 g/mol. The van der Waals surface area contributed by atoms with Gasteiger partial charge in [-0.05, 0) is 58.7 Å². The molecule has 6 nitrogen and oxygen atoms in total. The smallest absolute Gasteiger partial charge is 0.328 e. The van der Waals surface area contributed by atoms with E-state index in [1.54, 1.807) is 6.07 Å². The standard InChI is InChI=1S/C32H27ClN2O4/c1-38-32(37)30(17-21-7-15-27(16-8-21)39-20-22-5-3-2-4-6-22)35-31(36)29-19-25-10-9-24(18-28(25)34-29)23-11-13-26(33)14-12-23/h2-16,18-19,30,34H,17,20H2,1H3,(H,35,36). The van der Waals surface area contributed by atoms with Crippen molar-refractivity contribution in [3.63, 3.8) is 0 Å². The highest BCUT2D eigenvalue weighted by molar-refractivity contribution is 6.30. The lowest BCUT2D eigenvalue weighted by molar-refractivity contribution is -0.142. The predicted octanol–water partition coefficient (Wildman–Crippen LogP) is 6.58. The Hall–Kier alpha value is -4.55. The molecule has 2 N–H and O–H groups in total. The van der Waals surface area contributed by atoms with E-state index in [0.717, 1.165) is 38.9 Å². The van der Waals surface area contributed by atoms with Crippen LogP contribution in [0.15, 0.2) is 103 Å². The van der Waals surface area contributed by atoms with Gasteiger partial charge in [0, 0.05) is 22.3 Å². The molecule has 0 spiro atoms. The number of carbonyl (C=O) groups is 2. The molecule has 0 fully saturated rings. The normalized spacial score (nSPS) is 11.6. The highest BCUT2D eigenvalue weighted by atomic mass is 35.5. The molecule has 39 heavy (non-hydrogen) atoms. The molecule has 0 saturated carbocycles. The minimum atomic E-state index is -0.852. The SMILES string of the molecule is COC(=O)C(Cc1ccc(OCc2ccccc2)cc1)NC(=O)c1cc2ccc(-c3ccc(Cl)cc3)cc2[nH]1. The van der Waals surface area contributed by atoms with E-state index in [0.29, 0.717) is 17.3 Å². The third-order valence-electron chi connectivity index (χ3n) is 6.45. The van der Waals surface area contributed by atoms with E-state index in [4.69, 9.17) is 21.1 Å². The molecule has 4 aromatic carbocycles. The van der Waals surface area contributed by atoms with Crippen LogP contribution in [0.5, 0.6) is 5.75 Å². The van der Waals surface area contributed by atoms with Crippen LogP contribution in [-0.4, -0.2) is 30.0 Å². The number of aromatic nitrogens is 1. The van der Waals surface area contributed by atoms with Gasteiger partial charge in [0.2, 0.25) is 0 Å². The molecule has 196 valence electrons. The van der Waals surface area contributed by atoms with E-state index in [1.165, 1.54) is 7.11 Å². The van der Waals surface area contributed by atoms with Gasteiger partial charge in [0.1, 0.15) is 24.1 Å². The molecular weight excluding hydrogens is 512 g/mol. The number of fused-ring (bicyclic) bond motifs is 1. The molecule has 0 aliphatic rings. The lowest BCUT2D eigenvalue weighted by atomic mass is 10.0. The van der Waals surface area contributed by atoms with E-state index in [-0.39, 0.29) is 6.42 Å². The Bertz CT molecular complexity index is 1580. The molecule has 1 atom stereocenters. The second kappa shape index (κ2) is 11.9. The van der Waals surface area contributed by atoms with Gasteiger partial charge in [0.15, 0.2) is 0 Å². The van der Waals surface area contributed by atoms with Crippen LogP contribution >= 0.6 is 11.6 Å². The van der Waals surface area contributed by atoms with Crippen LogP contribution in [0.25, 0.3) is 22.0 Å². The molecule has 0 aliphatic carbocycles. The maximum absolute atomic E-state index is 13.1. The summed E-state index contributed by atoms with van der Waals surface area (Å²) in [6.07, 6.45) is 0.276. The van der Waals surface area contributed by atoms with Crippen LogP contribution in [0.1, 0.15) is 21.6 Å². The summed E-state index contributed by atoms with van der Waals surface area (Å²) in [5.41, 5.74) is 5.13. The fourth-order valence-electron chi connectivity index (χ4n) is 4.34. The van der Waals surface area contributed by atoms with Gasteiger partial charge in [-0.1, -0.05) is 78.3 Å². The summed E-state index contributed by atoms with van der Waals surface area (Å²) >= 11 is 6.01. The van der Waals surface area contributed by atoms with Crippen molar-refractivity contribution in [1.29, 1.82) is 0 Å². The lowest BCUT2D eigenvalue weighted by Gasteiger charge is -2.16. The van der Waals surface area contributed by atoms with Gasteiger partial charge >= 0.3 is 5.97 Å². The van der Waals surface area contributed by atoms with Gasteiger partial charge in [-0.15, -0.1) is 0 Å². The summed E-state index contributed by atoms with van der Waals surface area (Å²) in [6.45, 7) is 0.465. The summed E-state index contributed by atoms with van der Waals surface area (Å²) < 4.78 is 10.8. The number of hydrogen-bond donors (Lipinski definition) is 2. The Morgan fingerprint density at radius 1 is 0.846 bits per heavy atom. The predicted molar refractivity (Wildman–Crippen MR) is 153 cm³/mol. The van der Waals surface area contributed by atoms with E-state index in [2.05, 4.69) is 10.3 Å². The first-order valence-corrected chi connectivity index (χ1v) is 12.9. The summed E-state index contributed by atoms with van der Waals surface area (Å²) in [7, 11) is 1.31. The van der Waals surface area contributed by atoms with Gasteiger partial charge in [0.25, 0.3) is 5.91 Å². The van der Waals surface area contributed by atoms with Crippen LogP contribution in [0.3, 0.4) is 0 Å². The summed E-state index contributed by atoms with van der Waals surface area (Å²) in [6, 6.07) is 31.8. The van der Waals surface area contributed by atoms with Gasteiger partial charge in [-0.25, -0.2) is 4.79 Å². The average molecular weight is 539 g/mol. The van der Waals surface area contributed by atoms with Crippen molar-refractivity contribution in [3.05, 3.63) is 125 Å². The zero-order chi connectivity index (χ0) is 27.2. The quantitative estimate of drug-likeness (QED) is 0.208. The van der Waals surface area contributed by atoms with Crippen molar-refractivity contribution in [2.75, 3.05) is 7.11 Å². The number of rotatable bonds is 9. The van der Waals surface area contributed by atoms with Crippen LogP contribution in [0.2, 0.25) is 5.02 Å². The number of carbonyl (C=O) groups excluding carboxylic acids is 2. The van der Waals surface area contributed by atoms with Crippen LogP contribution in [-0.2, 0) is 22.6 Å². The first kappa shape index (κ1) is 26.1. The number of aromatic amines is 1. The number of hydrogen-bond acceptors (Lipinski definition) is 4. The molecule has 5 rings (SSSR count). The summed E-state index contributed by atoms with van der Waals surface area (Å²) in [4.78, 5) is 28.8. The second-order valence-electron chi connectivity index (χ2n) is 9.16. The second-order valence-corrected chi connectivity index (χ2v) is 9.60. The van der Waals surface area contributed by atoms with Gasteiger partial charge in [0.05, 0.1) is 7.11 Å². The largest absolute Gasteiger partial charge is 0.489 e. The molecule has 1 amide bonds. The maximum Gasteiger partial charge on any atom is 0.328 e. The lowest BCUT2D eigenvalue weighted by Crippen LogP contribution is -2.43. The van der Waals surface area contributed by atoms with Gasteiger partial charge in [-0.2, -0.15) is 0 Å². The Morgan fingerprint density at radius 2 is 1.56 bits per heavy atom. The van der Waals surface area contributed by atoms with E-state index in [1.807, 2.05) is 97.1 Å². The van der Waals surface area contributed by atoms with E-state index in [9.17, 15) is 9.59 Å². The third-order valence-corrected chi connectivity index (χ3v) is 6.70. The van der Waals surface area contributed by atoms with E-state index >= 15 is 0 Å². The molecule has 1 aromatic heterocycles. The average Bonchev–Trinajstić information content (AvgIpc) is 3.41. The topological polar surface area (TPSA) is 80.4 Å². The molecule has 0 bridgehead atoms. The van der Waals surface area contributed by atoms with Crippen molar-refractivity contribution in [3.8, 4) is 16.9 Å². The van der Waals surface area contributed by atoms with Crippen molar-refractivity contribution in [2.24, 2.45) is 0 Å². The van der Waals surface area contributed by atoms with Crippen molar-refractivity contribution >= 4 is 34.4 Å². The van der Waals surface area contributed by atoms with Gasteiger partial charge in [-0.3, -0.25) is 4.79 Å². The number of nitrogens with one attached hydrogen (secondary N) is 2. The Balaban J connectivity index is 1.26. The van der Waals surface area contributed by atoms with Crippen LogP contribution in [0, 0.1) is 0 Å². The fourth-order valence-corrected chi connectivity index (χ4v) is 4.47. The number of amides is 1. The molecule has 7 heteroatoms. The Kier molecular flexibility index (Phi) is 7.94. The highest BCUT2D eigenvalue weighted by Gasteiger charge is 2.23. The van der Waals surface area contributed by atoms with Crippen molar-refractivity contribution in [1.82, 2.24) is 10.3 Å². The van der Waals surface area contributed by atoms with Crippen LogP contribution < -0.4 is 10.1 Å². The maximum atomic E-state index is 13.1. The zero-order valence-electron chi connectivity index (χ0n) is 21.3. The number of ether oxygens (including phenoxy) is 2. The number of methoxy groups -OCH3 is 1. The molecule has 0 radical (unpaired) electrons. The van der Waals surface area contributed by atoms with Gasteiger partial charge < -0.3 is 19.8 Å². The molecule has 0 aliphatic heterocycles. The number of halogens is 1. The fraction of sp³-hybridized carbons (Fsp3) is 0.125. The Labute approximate surface area is 231 Å². The minimum Gasteiger partial charge on any atom is -0.489 e. The summed E-state index contributed by atoms with van der Waals surface area (Å²) in [5.74, 6) is -0.191. The Morgan fingerprint density at radius 3 is 2.28 bits per heavy atom. The molecule has 1 unspecified atom stereocenters. The van der Waals surface area contributed by atoms with Crippen molar-refractivity contribution in [2.45, 2.75) is 19.1 Å².